The van der Waals surface area contributed by atoms with E-state index in [1.165, 1.54) is 0 Å². The molecule has 0 aliphatic carbocycles. The summed E-state index contributed by atoms with van der Waals surface area (Å²) in [5.41, 5.74) is 0.967. The molecule has 0 saturated heterocycles. The fraction of sp³-hybridized carbons (Fsp3) is 0.522. The average molecular weight is 417 g/mol. The Bertz CT molecular complexity index is 720. The predicted molar refractivity (Wildman–Crippen MR) is 113 cm³/mol. The van der Waals surface area contributed by atoms with Gasteiger partial charge < -0.3 is 20.1 Å². The van der Waals surface area contributed by atoms with E-state index in [9.17, 15) is 19.5 Å². The van der Waals surface area contributed by atoms with Crippen LogP contribution in [0.3, 0.4) is 0 Å². The van der Waals surface area contributed by atoms with Gasteiger partial charge in [0.2, 0.25) is 11.8 Å². The third kappa shape index (κ3) is 8.37. The van der Waals surface area contributed by atoms with E-state index in [0.717, 1.165) is 12.0 Å². The maximum absolute atomic E-state index is 12.9. The number of allylic oxidation sites excluding steroid dienone is 2. The second-order valence-electron chi connectivity index (χ2n) is 7.57. The van der Waals surface area contributed by atoms with E-state index in [4.69, 9.17) is 4.74 Å². The Kier molecular flexibility index (Phi) is 10.1. The quantitative estimate of drug-likeness (QED) is 0.547. The monoisotopic (exact) mass is 416 g/mol. The fourth-order valence-electron chi connectivity index (χ4n) is 3.30. The SMILES string of the molecule is CC1CNC(=O)C(CC(=O)N(CCO)Cc2ccccc2)CC=CCCCC(=O)O1. The van der Waals surface area contributed by atoms with Crippen LogP contribution in [0.1, 0.15) is 44.6 Å². The van der Waals surface area contributed by atoms with Crippen molar-refractivity contribution in [3.05, 3.63) is 48.0 Å². The van der Waals surface area contributed by atoms with Crippen LogP contribution in [0.2, 0.25) is 0 Å². The summed E-state index contributed by atoms with van der Waals surface area (Å²) in [6.45, 7) is 2.41. The molecule has 0 bridgehead atoms. The molecule has 1 heterocycles. The van der Waals surface area contributed by atoms with E-state index < -0.39 is 12.0 Å². The third-order valence-corrected chi connectivity index (χ3v) is 4.97. The number of rotatable bonds is 6. The lowest BCUT2D eigenvalue weighted by Crippen LogP contribution is -2.40. The number of benzene rings is 1. The lowest BCUT2D eigenvalue weighted by molar-refractivity contribution is -0.148. The molecule has 0 aromatic heterocycles. The molecule has 0 fully saturated rings. The van der Waals surface area contributed by atoms with Crippen molar-refractivity contribution in [1.82, 2.24) is 10.2 Å². The minimum Gasteiger partial charge on any atom is -0.461 e. The fourth-order valence-corrected chi connectivity index (χ4v) is 3.30. The van der Waals surface area contributed by atoms with E-state index in [0.29, 0.717) is 25.8 Å². The van der Waals surface area contributed by atoms with Crippen LogP contribution in [0.5, 0.6) is 0 Å². The van der Waals surface area contributed by atoms with Gasteiger partial charge in [0.1, 0.15) is 6.10 Å². The number of esters is 1. The van der Waals surface area contributed by atoms with Gasteiger partial charge in [-0.3, -0.25) is 14.4 Å². The molecule has 2 atom stereocenters. The molecular weight excluding hydrogens is 384 g/mol. The molecule has 0 spiro atoms. The van der Waals surface area contributed by atoms with Crippen LogP contribution in [0.4, 0.5) is 0 Å². The van der Waals surface area contributed by atoms with Crippen LogP contribution in [0.25, 0.3) is 0 Å². The van der Waals surface area contributed by atoms with E-state index in [1.54, 1.807) is 11.8 Å². The topological polar surface area (TPSA) is 95.9 Å². The van der Waals surface area contributed by atoms with Crippen molar-refractivity contribution >= 4 is 17.8 Å². The first-order valence-corrected chi connectivity index (χ1v) is 10.5. The Morgan fingerprint density at radius 1 is 1.23 bits per heavy atom. The van der Waals surface area contributed by atoms with Crippen molar-refractivity contribution in [2.24, 2.45) is 5.92 Å². The van der Waals surface area contributed by atoms with Crippen LogP contribution in [0, 0.1) is 5.92 Å². The summed E-state index contributed by atoms with van der Waals surface area (Å²) in [5, 5.41) is 12.2. The number of aliphatic hydroxyl groups is 1. The summed E-state index contributed by atoms with van der Waals surface area (Å²) in [4.78, 5) is 39.0. The molecule has 164 valence electrons. The second-order valence-corrected chi connectivity index (χ2v) is 7.57. The number of carbonyl (C=O) groups is 3. The Morgan fingerprint density at radius 3 is 2.73 bits per heavy atom. The van der Waals surface area contributed by atoms with E-state index >= 15 is 0 Å². The third-order valence-electron chi connectivity index (χ3n) is 4.97. The molecule has 2 unspecified atom stereocenters. The van der Waals surface area contributed by atoms with Gasteiger partial charge in [-0.2, -0.15) is 0 Å². The van der Waals surface area contributed by atoms with Crippen molar-refractivity contribution < 1.29 is 24.2 Å². The molecule has 1 aromatic rings. The number of hydrogen-bond donors (Lipinski definition) is 2. The minimum atomic E-state index is -0.519. The number of carbonyl (C=O) groups excluding carboxylic acids is 3. The molecule has 0 saturated carbocycles. The van der Waals surface area contributed by atoms with Gasteiger partial charge in [-0.25, -0.2) is 0 Å². The van der Waals surface area contributed by atoms with Gasteiger partial charge in [0, 0.05) is 25.9 Å². The first-order valence-electron chi connectivity index (χ1n) is 10.5. The van der Waals surface area contributed by atoms with Crippen molar-refractivity contribution in [3.8, 4) is 0 Å². The molecule has 2 rings (SSSR count). The highest BCUT2D eigenvalue weighted by Crippen LogP contribution is 2.16. The number of hydrogen-bond acceptors (Lipinski definition) is 5. The zero-order chi connectivity index (χ0) is 21.8. The van der Waals surface area contributed by atoms with Gasteiger partial charge >= 0.3 is 5.97 Å². The number of nitrogens with zero attached hydrogens (tertiary/aromatic N) is 1. The Labute approximate surface area is 178 Å². The molecule has 1 aromatic carbocycles. The number of cyclic esters (lactones) is 1. The van der Waals surface area contributed by atoms with Gasteiger partial charge in [-0.1, -0.05) is 42.5 Å². The van der Waals surface area contributed by atoms with E-state index in [-0.39, 0.29) is 43.9 Å². The largest absolute Gasteiger partial charge is 0.461 e. The van der Waals surface area contributed by atoms with Gasteiger partial charge in [0.05, 0.1) is 19.1 Å². The number of ether oxygens (including phenoxy) is 1. The molecular formula is C23H32N2O5. The molecule has 2 amide bonds. The molecule has 7 nitrogen and oxygen atoms in total. The summed E-state index contributed by atoms with van der Waals surface area (Å²) in [6.07, 6.45) is 5.67. The zero-order valence-corrected chi connectivity index (χ0v) is 17.6. The first-order chi connectivity index (χ1) is 14.5. The number of amides is 2. The Balaban J connectivity index is 2.05. The normalized spacial score (nSPS) is 20.9. The molecule has 30 heavy (non-hydrogen) atoms. The van der Waals surface area contributed by atoms with Crippen LogP contribution >= 0.6 is 0 Å². The number of nitrogens with one attached hydrogen (secondary N) is 1. The summed E-state index contributed by atoms with van der Waals surface area (Å²) in [7, 11) is 0. The lowest BCUT2D eigenvalue weighted by atomic mass is 9.98. The van der Waals surface area contributed by atoms with Crippen molar-refractivity contribution in [3.63, 3.8) is 0 Å². The number of aliphatic hydroxyl groups excluding tert-OH is 1. The maximum Gasteiger partial charge on any atom is 0.306 e. The van der Waals surface area contributed by atoms with Gasteiger partial charge in [0.15, 0.2) is 0 Å². The highest BCUT2D eigenvalue weighted by molar-refractivity contribution is 5.86. The van der Waals surface area contributed by atoms with Crippen molar-refractivity contribution in [2.75, 3.05) is 19.7 Å². The highest BCUT2D eigenvalue weighted by Gasteiger charge is 2.25. The van der Waals surface area contributed by atoms with Gasteiger partial charge in [-0.05, 0) is 31.7 Å². The second kappa shape index (κ2) is 12.8. The summed E-state index contributed by atoms with van der Waals surface area (Å²) in [6, 6.07) is 9.56. The van der Waals surface area contributed by atoms with Gasteiger partial charge in [-0.15, -0.1) is 0 Å². The predicted octanol–water partition coefficient (Wildman–Crippen LogP) is 2.19. The lowest BCUT2D eigenvalue weighted by Gasteiger charge is -2.24. The summed E-state index contributed by atoms with van der Waals surface area (Å²) < 4.78 is 5.28. The van der Waals surface area contributed by atoms with Crippen LogP contribution < -0.4 is 5.32 Å². The van der Waals surface area contributed by atoms with Gasteiger partial charge in [0.25, 0.3) is 0 Å². The first kappa shape index (κ1) is 23.6. The zero-order valence-electron chi connectivity index (χ0n) is 17.6. The Hall–Kier alpha value is -2.67. The van der Waals surface area contributed by atoms with Crippen molar-refractivity contribution in [2.45, 2.75) is 51.7 Å². The summed E-state index contributed by atoms with van der Waals surface area (Å²) in [5.74, 6) is -1.20. The maximum atomic E-state index is 12.9. The van der Waals surface area contributed by atoms with Crippen LogP contribution in [-0.2, 0) is 25.7 Å². The molecule has 7 heteroatoms. The van der Waals surface area contributed by atoms with E-state index in [2.05, 4.69) is 5.32 Å². The highest BCUT2D eigenvalue weighted by atomic mass is 16.5. The smallest absolute Gasteiger partial charge is 0.306 e. The van der Waals surface area contributed by atoms with Crippen molar-refractivity contribution in [1.29, 1.82) is 0 Å². The summed E-state index contributed by atoms with van der Waals surface area (Å²) >= 11 is 0. The molecule has 1 aliphatic heterocycles. The van der Waals surface area contributed by atoms with Crippen LogP contribution in [0.15, 0.2) is 42.5 Å². The molecule has 1 aliphatic rings. The Morgan fingerprint density at radius 2 is 2.00 bits per heavy atom. The molecule has 2 N–H and O–H groups in total. The molecule has 0 radical (unpaired) electrons. The minimum absolute atomic E-state index is 0.0528. The van der Waals surface area contributed by atoms with E-state index in [1.807, 2.05) is 42.5 Å². The van der Waals surface area contributed by atoms with Crippen LogP contribution in [-0.4, -0.2) is 53.6 Å². The standard InChI is InChI=1S/C23H32N2O5/c1-18-16-24-23(29)20(11-7-2-3-8-12-22(28)30-18)15-21(27)25(13-14-26)17-19-9-5-4-6-10-19/h2,4-7,9-10,18,20,26H,3,8,11-17H2,1H3,(H,24,29). The average Bonchev–Trinajstić information content (AvgIpc) is 2.74.